The van der Waals surface area contributed by atoms with Gasteiger partial charge in [0, 0.05) is 11.6 Å². The number of hydrogen-bond donors (Lipinski definition) is 1. The van der Waals surface area contributed by atoms with Crippen molar-refractivity contribution in [3.05, 3.63) is 111 Å². The van der Waals surface area contributed by atoms with Crippen LogP contribution in [0.3, 0.4) is 0 Å². The van der Waals surface area contributed by atoms with Crippen molar-refractivity contribution in [1.29, 1.82) is 0 Å². The first kappa shape index (κ1) is 22.7. The van der Waals surface area contributed by atoms with Crippen molar-refractivity contribution in [2.75, 3.05) is 5.32 Å². The van der Waals surface area contributed by atoms with E-state index in [9.17, 15) is 14.9 Å². The molecule has 0 aliphatic heterocycles. The van der Waals surface area contributed by atoms with Crippen LogP contribution in [0.2, 0.25) is 0 Å². The van der Waals surface area contributed by atoms with E-state index in [1.54, 1.807) is 61.1 Å². The second kappa shape index (κ2) is 9.95. The van der Waals surface area contributed by atoms with Crippen molar-refractivity contribution >= 4 is 17.3 Å². The van der Waals surface area contributed by atoms with E-state index in [0.717, 1.165) is 11.1 Å². The highest BCUT2D eigenvalue weighted by molar-refractivity contribution is 6.04. The molecule has 1 N–H and O–H groups in total. The van der Waals surface area contributed by atoms with Gasteiger partial charge in [-0.25, -0.2) is 4.98 Å². The van der Waals surface area contributed by atoms with Crippen LogP contribution >= 0.6 is 0 Å². The number of nitro groups is 1. The fourth-order valence-electron chi connectivity index (χ4n) is 3.51. The number of aromatic nitrogens is 3. The summed E-state index contributed by atoms with van der Waals surface area (Å²) in [5, 5.41) is 18.3. The van der Waals surface area contributed by atoms with E-state index in [0.29, 0.717) is 41.7 Å². The van der Waals surface area contributed by atoms with Crippen molar-refractivity contribution in [3.8, 4) is 5.88 Å². The summed E-state index contributed by atoms with van der Waals surface area (Å²) < 4.78 is 7.25. The van der Waals surface area contributed by atoms with Gasteiger partial charge in [-0.1, -0.05) is 42.5 Å². The number of pyridine rings is 1. The van der Waals surface area contributed by atoms with E-state index in [1.165, 1.54) is 0 Å². The second-order valence-electron chi connectivity index (χ2n) is 7.74. The predicted octanol–water partition coefficient (Wildman–Crippen LogP) is 4.68. The number of aryl methyl sites for hydroxylation is 1. The number of carbonyl (C=O) groups is 1. The van der Waals surface area contributed by atoms with Gasteiger partial charge in [-0.2, -0.15) is 5.10 Å². The van der Waals surface area contributed by atoms with Crippen LogP contribution in [0.4, 0.5) is 11.4 Å². The summed E-state index contributed by atoms with van der Waals surface area (Å²) >= 11 is 0. The van der Waals surface area contributed by atoms with E-state index in [1.807, 2.05) is 30.3 Å². The second-order valence-corrected chi connectivity index (χ2v) is 7.74. The first-order valence-corrected chi connectivity index (χ1v) is 10.6. The zero-order valence-corrected chi connectivity index (χ0v) is 18.8. The SMILES string of the molecule is Cc1nn(Cc2ccc(C(=O)Nc3ccc(OCc4ccccc4)nc3)cc2)c(C)c1[N+](=O)[O-]. The molecule has 9 heteroatoms. The van der Waals surface area contributed by atoms with E-state index < -0.39 is 4.92 Å². The van der Waals surface area contributed by atoms with Gasteiger partial charge in [0.25, 0.3) is 5.91 Å². The molecule has 0 spiro atoms. The molecular weight excluding hydrogens is 434 g/mol. The Morgan fingerprint density at radius 1 is 1.03 bits per heavy atom. The minimum absolute atomic E-state index is 0.0288. The van der Waals surface area contributed by atoms with Gasteiger partial charge in [0.05, 0.1) is 23.4 Å². The molecule has 0 unspecified atom stereocenters. The summed E-state index contributed by atoms with van der Waals surface area (Å²) in [6, 6.07) is 20.2. The number of nitrogens with zero attached hydrogens (tertiary/aromatic N) is 4. The maximum Gasteiger partial charge on any atom is 0.312 e. The molecule has 0 atom stereocenters. The monoisotopic (exact) mass is 457 g/mol. The maximum absolute atomic E-state index is 12.6. The summed E-state index contributed by atoms with van der Waals surface area (Å²) in [5.41, 5.74) is 3.85. The molecule has 2 aromatic heterocycles. The molecule has 4 aromatic rings. The topological polar surface area (TPSA) is 112 Å². The lowest BCUT2D eigenvalue weighted by Gasteiger charge is -2.09. The van der Waals surface area contributed by atoms with Crippen molar-refractivity contribution in [1.82, 2.24) is 14.8 Å². The van der Waals surface area contributed by atoms with Gasteiger partial charge >= 0.3 is 5.69 Å². The summed E-state index contributed by atoms with van der Waals surface area (Å²) in [6.45, 7) is 4.07. The van der Waals surface area contributed by atoms with Crippen LogP contribution in [0.15, 0.2) is 72.9 Å². The van der Waals surface area contributed by atoms with Crippen molar-refractivity contribution in [2.45, 2.75) is 27.0 Å². The largest absolute Gasteiger partial charge is 0.473 e. The van der Waals surface area contributed by atoms with Crippen LogP contribution in [0, 0.1) is 24.0 Å². The van der Waals surface area contributed by atoms with Gasteiger partial charge in [-0.15, -0.1) is 0 Å². The van der Waals surface area contributed by atoms with Crippen LogP contribution in [0.25, 0.3) is 0 Å². The number of nitrogens with one attached hydrogen (secondary N) is 1. The van der Waals surface area contributed by atoms with Gasteiger partial charge in [-0.3, -0.25) is 19.6 Å². The average molecular weight is 457 g/mol. The van der Waals surface area contributed by atoms with Gasteiger partial charge in [0.1, 0.15) is 18.0 Å². The molecule has 4 rings (SSSR count). The lowest BCUT2D eigenvalue weighted by atomic mass is 10.1. The third kappa shape index (κ3) is 5.26. The molecular formula is C25H23N5O4. The smallest absolute Gasteiger partial charge is 0.312 e. The average Bonchev–Trinajstić information content (AvgIpc) is 3.12. The Kier molecular flexibility index (Phi) is 6.63. The third-order valence-electron chi connectivity index (χ3n) is 5.30. The highest BCUT2D eigenvalue weighted by atomic mass is 16.6. The molecule has 1 amide bonds. The molecule has 0 saturated carbocycles. The lowest BCUT2D eigenvalue weighted by molar-refractivity contribution is -0.386. The normalized spacial score (nSPS) is 10.6. The fourth-order valence-corrected chi connectivity index (χ4v) is 3.51. The van der Waals surface area contributed by atoms with Crippen molar-refractivity contribution in [2.24, 2.45) is 0 Å². The Hall–Kier alpha value is -4.53. The quantitative estimate of drug-likeness (QED) is 0.304. The zero-order valence-electron chi connectivity index (χ0n) is 18.8. The Morgan fingerprint density at radius 2 is 1.76 bits per heavy atom. The molecule has 0 aliphatic carbocycles. The third-order valence-corrected chi connectivity index (χ3v) is 5.30. The van der Waals surface area contributed by atoms with Crippen molar-refractivity contribution in [3.63, 3.8) is 0 Å². The van der Waals surface area contributed by atoms with Gasteiger partial charge in [0.15, 0.2) is 0 Å². The van der Waals surface area contributed by atoms with E-state index in [-0.39, 0.29) is 11.6 Å². The Morgan fingerprint density at radius 3 is 2.38 bits per heavy atom. The number of amides is 1. The Bertz CT molecular complexity index is 1300. The van der Waals surface area contributed by atoms with E-state index in [2.05, 4.69) is 15.4 Å². The van der Waals surface area contributed by atoms with E-state index in [4.69, 9.17) is 4.74 Å². The molecule has 2 aromatic carbocycles. The van der Waals surface area contributed by atoms with Crippen LogP contribution in [0.1, 0.15) is 32.9 Å². The molecule has 0 bridgehead atoms. The first-order chi connectivity index (χ1) is 16.4. The molecule has 0 saturated heterocycles. The Labute approximate surface area is 196 Å². The highest BCUT2D eigenvalue weighted by Gasteiger charge is 2.21. The van der Waals surface area contributed by atoms with E-state index >= 15 is 0 Å². The standard InChI is InChI=1S/C25H23N5O4/c1-17-24(30(32)33)18(2)29(28-17)15-19-8-10-21(11-9-19)25(31)27-22-12-13-23(26-14-22)34-16-20-6-4-3-5-7-20/h3-14H,15-16H2,1-2H3,(H,27,31). The number of rotatable bonds is 8. The zero-order chi connectivity index (χ0) is 24.1. The summed E-state index contributed by atoms with van der Waals surface area (Å²) in [7, 11) is 0. The fraction of sp³-hybridized carbons (Fsp3) is 0.160. The van der Waals surface area contributed by atoms with Crippen LogP contribution < -0.4 is 10.1 Å². The minimum Gasteiger partial charge on any atom is -0.473 e. The molecule has 34 heavy (non-hydrogen) atoms. The highest BCUT2D eigenvalue weighted by Crippen LogP contribution is 2.22. The number of ether oxygens (including phenoxy) is 1. The summed E-state index contributed by atoms with van der Waals surface area (Å²) in [4.78, 5) is 27.6. The number of carbonyl (C=O) groups excluding carboxylic acids is 1. The first-order valence-electron chi connectivity index (χ1n) is 10.6. The summed E-state index contributed by atoms with van der Waals surface area (Å²) in [6.07, 6.45) is 1.54. The molecule has 0 fully saturated rings. The van der Waals surface area contributed by atoms with Crippen LogP contribution in [-0.4, -0.2) is 25.6 Å². The van der Waals surface area contributed by atoms with Crippen LogP contribution in [0.5, 0.6) is 5.88 Å². The lowest BCUT2D eigenvalue weighted by Crippen LogP contribution is -2.12. The van der Waals surface area contributed by atoms with Gasteiger partial charge < -0.3 is 10.1 Å². The molecule has 172 valence electrons. The predicted molar refractivity (Wildman–Crippen MR) is 127 cm³/mol. The Balaban J connectivity index is 1.35. The molecule has 0 radical (unpaired) electrons. The molecule has 0 aliphatic rings. The molecule has 9 nitrogen and oxygen atoms in total. The number of hydrogen-bond acceptors (Lipinski definition) is 6. The van der Waals surface area contributed by atoms with Gasteiger partial charge in [0.2, 0.25) is 5.88 Å². The van der Waals surface area contributed by atoms with Gasteiger partial charge in [-0.05, 0) is 43.2 Å². The minimum atomic E-state index is -0.418. The summed E-state index contributed by atoms with van der Waals surface area (Å²) in [5.74, 6) is 0.198. The van der Waals surface area contributed by atoms with Crippen molar-refractivity contribution < 1.29 is 14.5 Å². The van der Waals surface area contributed by atoms with Crippen LogP contribution in [-0.2, 0) is 13.2 Å². The maximum atomic E-state index is 12.6. The molecule has 2 heterocycles. The number of anilines is 1. The number of benzene rings is 2.